The highest BCUT2D eigenvalue weighted by Crippen LogP contribution is 2.26. The van der Waals surface area contributed by atoms with Crippen LogP contribution in [0.25, 0.3) is 0 Å². The Bertz CT molecular complexity index is 787. The van der Waals surface area contributed by atoms with Crippen molar-refractivity contribution in [2.24, 2.45) is 0 Å². The Morgan fingerprint density at radius 3 is 2.52 bits per heavy atom. The van der Waals surface area contributed by atoms with Gasteiger partial charge in [0.1, 0.15) is 5.69 Å². The summed E-state index contributed by atoms with van der Waals surface area (Å²) < 4.78 is 0. The fraction of sp³-hybridized carbons (Fsp3) is 0.381. The number of hydrogen-bond donors (Lipinski definition) is 2. The second kappa shape index (κ2) is 9.16. The van der Waals surface area contributed by atoms with Gasteiger partial charge in [-0.25, -0.2) is 0 Å². The van der Waals surface area contributed by atoms with Gasteiger partial charge in [0.05, 0.1) is 4.92 Å². The van der Waals surface area contributed by atoms with Crippen LogP contribution in [0.4, 0.5) is 11.4 Å². The summed E-state index contributed by atoms with van der Waals surface area (Å²) in [6.45, 7) is 0.582. The summed E-state index contributed by atoms with van der Waals surface area (Å²) in [6, 6.07) is 14.8. The molecule has 142 valence electrons. The monoisotopic (exact) mass is 367 g/mol. The summed E-state index contributed by atoms with van der Waals surface area (Å²) >= 11 is 0. The summed E-state index contributed by atoms with van der Waals surface area (Å²) in [6.07, 6.45) is 6.17. The van der Waals surface area contributed by atoms with Crippen molar-refractivity contribution < 1.29 is 9.72 Å². The van der Waals surface area contributed by atoms with Crippen LogP contribution in [0.15, 0.2) is 48.5 Å². The van der Waals surface area contributed by atoms with E-state index in [1.807, 2.05) is 30.3 Å². The van der Waals surface area contributed by atoms with Gasteiger partial charge in [-0.05, 0) is 37.0 Å². The Morgan fingerprint density at radius 2 is 1.81 bits per heavy atom. The molecule has 2 aromatic rings. The lowest BCUT2D eigenvalue weighted by Gasteiger charge is -2.22. The Balaban J connectivity index is 1.64. The number of nitro groups is 1. The Kier molecular flexibility index (Phi) is 6.41. The second-order valence-corrected chi connectivity index (χ2v) is 6.96. The molecular formula is C21H25N3O3. The molecule has 2 aromatic carbocycles. The maximum Gasteiger partial charge on any atom is 0.293 e. The van der Waals surface area contributed by atoms with Crippen molar-refractivity contribution in [1.82, 2.24) is 5.32 Å². The van der Waals surface area contributed by atoms with Crippen LogP contribution >= 0.6 is 0 Å². The highest BCUT2D eigenvalue weighted by atomic mass is 16.6. The minimum absolute atomic E-state index is 0.0700. The van der Waals surface area contributed by atoms with Crippen molar-refractivity contribution in [1.29, 1.82) is 0 Å². The van der Waals surface area contributed by atoms with Crippen molar-refractivity contribution in [2.45, 2.75) is 44.6 Å². The lowest BCUT2D eigenvalue weighted by atomic mass is 9.95. The molecule has 0 saturated heterocycles. The van der Waals surface area contributed by atoms with Crippen LogP contribution in [-0.2, 0) is 6.42 Å². The molecule has 1 saturated carbocycles. The fourth-order valence-electron chi connectivity index (χ4n) is 3.48. The number of rotatable bonds is 7. The van der Waals surface area contributed by atoms with Gasteiger partial charge < -0.3 is 10.6 Å². The summed E-state index contributed by atoms with van der Waals surface area (Å²) in [5.74, 6) is -0.235. The molecule has 0 radical (unpaired) electrons. The molecule has 0 bridgehead atoms. The van der Waals surface area contributed by atoms with E-state index < -0.39 is 4.92 Å². The van der Waals surface area contributed by atoms with Crippen LogP contribution in [0.3, 0.4) is 0 Å². The zero-order chi connectivity index (χ0) is 19.1. The number of nitrogens with zero attached hydrogens (tertiary/aromatic N) is 1. The molecule has 2 N–H and O–H groups in total. The highest BCUT2D eigenvalue weighted by molar-refractivity contribution is 5.95. The van der Waals surface area contributed by atoms with Gasteiger partial charge in [-0.1, -0.05) is 49.6 Å². The van der Waals surface area contributed by atoms with Crippen LogP contribution in [0.2, 0.25) is 0 Å². The van der Waals surface area contributed by atoms with Crippen LogP contribution in [-0.4, -0.2) is 23.4 Å². The molecule has 6 nitrogen and oxygen atoms in total. The molecule has 6 heteroatoms. The first kappa shape index (κ1) is 18.9. The van der Waals surface area contributed by atoms with Gasteiger partial charge >= 0.3 is 0 Å². The minimum Gasteiger partial charge on any atom is -0.379 e. The maximum absolute atomic E-state index is 12.4. The molecule has 0 atom stereocenters. The van der Waals surface area contributed by atoms with E-state index >= 15 is 0 Å². The smallest absolute Gasteiger partial charge is 0.293 e. The average molecular weight is 367 g/mol. The molecular weight excluding hydrogens is 342 g/mol. The van der Waals surface area contributed by atoms with Crippen LogP contribution in [0.1, 0.15) is 48.0 Å². The predicted molar refractivity (Wildman–Crippen MR) is 106 cm³/mol. The minimum atomic E-state index is -0.442. The molecule has 0 heterocycles. The SMILES string of the molecule is O=C(NC1CCCCC1)c1ccc(NCCc2ccccc2)c([N+](=O)[O-])c1. The van der Waals surface area contributed by atoms with E-state index in [4.69, 9.17) is 0 Å². The quantitative estimate of drug-likeness (QED) is 0.564. The van der Waals surface area contributed by atoms with Crippen molar-refractivity contribution in [3.05, 3.63) is 69.8 Å². The molecule has 3 rings (SSSR count). The molecule has 1 aliphatic rings. The average Bonchev–Trinajstić information content (AvgIpc) is 2.69. The zero-order valence-electron chi connectivity index (χ0n) is 15.3. The summed E-state index contributed by atoms with van der Waals surface area (Å²) in [5.41, 5.74) is 1.86. The number of nitrogens with one attached hydrogen (secondary N) is 2. The van der Waals surface area contributed by atoms with Crippen molar-refractivity contribution in [2.75, 3.05) is 11.9 Å². The Morgan fingerprint density at radius 1 is 1.07 bits per heavy atom. The van der Waals surface area contributed by atoms with Crippen molar-refractivity contribution >= 4 is 17.3 Å². The van der Waals surface area contributed by atoms with Crippen LogP contribution in [0.5, 0.6) is 0 Å². The van der Waals surface area contributed by atoms with Crippen LogP contribution in [0, 0.1) is 10.1 Å². The number of amides is 1. The molecule has 0 aromatic heterocycles. The number of benzene rings is 2. The standard InChI is InChI=1S/C21H25N3O3/c25-21(23-18-9-5-2-6-10-18)17-11-12-19(20(15-17)24(26)27)22-14-13-16-7-3-1-4-8-16/h1,3-4,7-8,11-12,15,18,22H,2,5-6,9-10,13-14H2,(H,23,25). The molecule has 1 amide bonds. The van der Waals surface area contributed by atoms with E-state index in [-0.39, 0.29) is 17.6 Å². The van der Waals surface area contributed by atoms with Crippen molar-refractivity contribution in [3.63, 3.8) is 0 Å². The predicted octanol–water partition coefficient (Wildman–Crippen LogP) is 4.31. The Labute approximate surface area is 159 Å². The number of hydrogen-bond acceptors (Lipinski definition) is 4. The van der Waals surface area contributed by atoms with Gasteiger partial charge in [-0.15, -0.1) is 0 Å². The summed E-state index contributed by atoms with van der Waals surface area (Å²) in [5, 5.41) is 17.6. The van der Waals surface area contributed by atoms with Crippen LogP contribution < -0.4 is 10.6 Å². The lowest BCUT2D eigenvalue weighted by Crippen LogP contribution is -2.36. The summed E-state index contributed by atoms with van der Waals surface area (Å²) in [7, 11) is 0. The third kappa shape index (κ3) is 5.29. The number of anilines is 1. The topological polar surface area (TPSA) is 84.3 Å². The number of carbonyl (C=O) groups is 1. The first-order chi connectivity index (χ1) is 13.1. The largest absolute Gasteiger partial charge is 0.379 e. The van der Waals surface area contributed by atoms with E-state index in [9.17, 15) is 14.9 Å². The van der Waals surface area contributed by atoms with Gasteiger partial charge in [-0.2, -0.15) is 0 Å². The Hall–Kier alpha value is -2.89. The molecule has 1 fully saturated rings. The maximum atomic E-state index is 12.4. The summed E-state index contributed by atoms with van der Waals surface area (Å²) in [4.78, 5) is 23.5. The zero-order valence-corrected chi connectivity index (χ0v) is 15.3. The fourth-order valence-corrected chi connectivity index (χ4v) is 3.48. The van der Waals surface area contributed by atoms with E-state index in [1.165, 1.54) is 12.5 Å². The third-order valence-corrected chi connectivity index (χ3v) is 4.97. The highest BCUT2D eigenvalue weighted by Gasteiger charge is 2.20. The van der Waals surface area contributed by atoms with E-state index in [0.717, 1.165) is 37.7 Å². The molecule has 0 spiro atoms. The normalized spacial score (nSPS) is 14.5. The van der Waals surface area contributed by atoms with Gasteiger partial charge in [-0.3, -0.25) is 14.9 Å². The molecule has 0 aliphatic heterocycles. The van der Waals surface area contributed by atoms with Gasteiger partial charge in [0.25, 0.3) is 11.6 Å². The van der Waals surface area contributed by atoms with E-state index in [1.54, 1.807) is 12.1 Å². The van der Waals surface area contributed by atoms with Gasteiger partial charge in [0.2, 0.25) is 0 Å². The lowest BCUT2D eigenvalue weighted by molar-refractivity contribution is -0.384. The van der Waals surface area contributed by atoms with Gasteiger partial charge in [0, 0.05) is 24.2 Å². The second-order valence-electron chi connectivity index (χ2n) is 6.96. The van der Waals surface area contributed by atoms with Gasteiger partial charge in [0.15, 0.2) is 0 Å². The van der Waals surface area contributed by atoms with E-state index in [0.29, 0.717) is 17.8 Å². The molecule has 0 unspecified atom stereocenters. The number of nitro benzene ring substituents is 1. The first-order valence-corrected chi connectivity index (χ1v) is 9.50. The third-order valence-electron chi connectivity index (χ3n) is 4.97. The van der Waals surface area contributed by atoms with E-state index in [2.05, 4.69) is 10.6 Å². The first-order valence-electron chi connectivity index (χ1n) is 9.50. The molecule has 27 heavy (non-hydrogen) atoms. The number of carbonyl (C=O) groups excluding carboxylic acids is 1. The molecule has 1 aliphatic carbocycles. The van der Waals surface area contributed by atoms with Crippen molar-refractivity contribution in [3.8, 4) is 0 Å².